The number of nitrogens with zero attached hydrogens (tertiary/aromatic N) is 4. The van der Waals surface area contributed by atoms with E-state index in [1.165, 1.54) is 21.4 Å². The second-order valence-electron chi connectivity index (χ2n) is 15.4. The van der Waals surface area contributed by atoms with Gasteiger partial charge in [0, 0.05) is 37.7 Å². The second-order valence-corrected chi connectivity index (χ2v) is 16.4. The van der Waals surface area contributed by atoms with E-state index < -0.39 is 0 Å². The third-order valence-electron chi connectivity index (χ3n) is 11.5. The molecule has 0 aliphatic rings. The standard InChI is InChI=1S/C56H34N4OS/c1-3-13-35(14-4-1)37-25-29-39(30-26-37)49-53-51(45-21-7-9-23-47(45)61-53)59-55(57-49)43-19-11-17-41(33-43)42-18-12-20-44(34-42)56-58-50(54-52(60-56)46-22-8-10-24-48(46)62-54)40-31-27-38(28-32-40)36-15-5-2-6-16-36/h1-34H. The highest BCUT2D eigenvalue weighted by Crippen LogP contribution is 2.41. The lowest BCUT2D eigenvalue weighted by molar-refractivity contribution is 0.667. The number of furan rings is 1. The molecule has 4 aromatic heterocycles. The minimum absolute atomic E-state index is 0.630. The van der Waals surface area contributed by atoms with Crippen LogP contribution in [-0.2, 0) is 0 Å². The maximum absolute atomic E-state index is 6.46. The number of hydrogen-bond donors (Lipinski definition) is 0. The van der Waals surface area contributed by atoms with Crippen molar-refractivity contribution in [2.75, 3.05) is 0 Å². The number of rotatable bonds is 7. The van der Waals surface area contributed by atoms with Crippen molar-refractivity contribution in [2.45, 2.75) is 0 Å². The van der Waals surface area contributed by atoms with Crippen LogP contribution in [-0.4, -0.2) is 19.9 Å². The Hall–Kier alpha value is -8.06. The molecule has 12 aromatic rings. The van der Waals surface area contributed by atoms with E-state index >= 15 is 0 Å². The Morgan fingerprint density at radius 1 is 0.323 bits per heavy atom. The number of para-hydroxylation sites is 1. The quantitative estimate of drug-likeness (QED) is 0.160. The molecule has 0 saturated carbocycles. The zero-order valence-electron chi connectivity index (χ0n) is 33.2. The van der Waals surface area contributed by atoms with Crippen molar-refractivity contribution >= 4 is 53.7 Å². The zero-order chi connectivity index (χ0) is 41.0. The van der Waals surface area contributed by atoms with Crippen LogP contribution < -0.4 is 0 Å². The van der Waals surface area contributed by atoms with Gasteiger partial charge in [0.2, 0.25) is 0 Å². The molecular weight excluding hydrogens is 777 g/mol. The normalized spacial score (nSPS) is 11.5. The molecule has 6 heteroatoms. The molecule has 0 bridgehead atoms. The van der Waals surface area contributed by atoms with Crippen LogP contribution >= 0.6 is 11.3 Å². The van der Waals surface area contributed by atoms with Gasteiger partial charge >= 0.3 is 0 Å². The Bertz CT molecular complexity index is 3370. The lowest BCUT2D eigenvalue weighted by atomic mass is 9.99. The molecule has 0 aliphatic carbocycles. The number of fused-ring (bicyclic) bond motifs is 6. The van der Waals surface area contributed by atoms with E-state index in [2.05, 4.69) is 176 Å². The predicted octanol–water partition coefficient (Wildman–Crippen LogP) is 15.2. The summed E-state index contributed by atoms with van der Waals surface area (Å²) in [6.07, 6.45) is 0. The molecule has 8 aromatic carbocycles. The van der Waals surface area contributed by atoms with Crippen LogP contribution in [0.2, 0.25) is 0 Å². The molecule has 12 rings (SSSR count). The minimum Gasteiger partial charge on any atom is -0.452 e. The van der Waals surface area contributed by atoms with E-state index in [0.29, 0.717) is 17.2 Å². The Kier molecular flexibility index (Phi) is 8.61. The van der Waals surface area contributed by atoms with E-state index in [0.717, 1.165) is 82.4 Å². The Balaban J connectivity index is 0.950. The number of thiophene rings is 1. The van der Waals surface area contributed by atoms with Crippen molar-refractivity contribution in [1.29, 1.82) is 0 Å². The molecule has 0 unspecified atom stereocenters. The first-order valence-electron chi connectivity index (χ1n) is 20.6. The van der Waals surface area contributed by atoms with E-state index in [9.17, 15) is 0 Å². The van der Waals surface area contributed by atoms with Crippen LogP contribution in [0, 0.1) is 0 Å². The fourth-order valence-corrected chi connectivity index (χ4v) is 9.56. The van der Waals surface area contributed by atoms with Crippen molar-refractivity contribution in [2.24, 2.45) is 0 Å². The summed E-state index contributed by atoms with van der Waals surface area (Å²) in [4.78, 5) is 21.0. The smallest absolute Gasteiger partial charge is 0.180 e. The SMILES string of the molecule is c1ccc(-c2ccc(-c3nc(-c4cccc(-c5cccc(-c6nc(-c7ccc(-c8ccccc8)cc7)c7sc8ccccc8c7n6)c5)c4)nc4c3oc3ccccc34)cc2)cc1. The van der Waals surface area contributed by atoms with Crippen LogP contribution in [0.15, 0.2) is 211 Å². The van der Waals surface area contributed by atoms with Crippen molar-refractivity contribution in [3.63, 3.8) is 0 Å². The molecule has 0 N–H and O–H groups in total. The molecule has 0 aliphatic heterocycles. The van der Waals surface area contributed by atoms with Gasteiger partial charge < -0.3 is 4.42 Å². The first-order chi connectivity index (χ1) is 30.7. The van der Waals surface area contributed by atoms with Gasteiger partial charge in [0.15, 0.2) is 17.2 Å². The van der Waals surface area contributed by atoms with E-state index in [4.69, 9.17) is 24.4 Å². The fraction of sp³-hybridized carbons (Fsp3) is 0. The van der Waals surface area contributed by atoms with Crippen LogP contribution in [0.5, 0.6) is 0 Å². The van der Waals surface area contributed by atoms with E-state index in [-0.39, 0.29) is 0 Å². The summed E-state index contributed by atoms with van der Waals surface area (Å²) < 4.78 is 8.74. The number of hydrogen-bond acceptors (Lipinski definition) is 6. The van der Waals surface area contributed by atoms with Gasteiger partial charge in [-0.15, -0.1) is 11.3 Å². The molecule has 5 nitrogen and oxygen atoms in total. The lowest BCUT2D eigenvalue weighted by Crippen LogP contribution is -1.95. The van der Waals surface area contributed by atoms with Gasteiger partial charge in [-0.1, -0.05) is 176 Å². The molecule has 4 heterocycles. The van der Waals surface area contributed by atoms with Crippen LogP contribution in [0.1, 0.15) is 0 Å². The van der Waals surface area contributed by atoms with Crippen molar-refractivity contribution in [1.82, 2.24) is 19.9 Å². The molecule has 0 fully saturated rings. The van der Waals surface area contributed by atoms with Crippen LogP contribution in [0.25, 0.3) is 121 Å². The van der Waals surface area contributed by atoms with Gasteiger partial charge in [-0.2, -0.15) is 0 Å². The van der Waals surface area contributed by atoms with Gasteiger partial charge in [0.25, 0.3) is 0 Å². The van der Waals surface area contributed by atoms with Crippen molar-refractivity contribution in [3.8, 4) is 78.7 Å². The molecule has 0 radical (unpaired) electrons. The third-order valence-corrected chi connectivity index (χ3v) is 12.7. The zero-order valence-corrected chi connectivity index (χ0v) is 34.1. The maximum atomic E-state index is 6.46. The predicted molar refractivity (Wildman–Crippen MR) is 256 cm³/mol. The largest absolute Gasteiger partial charge is 0.452 e. The minimum atomic E-state index is 0.630. The molecule has 290 valence electrons. The van der Waals surface area contributed by atoms with Gasteiger partial charge in [-0.25, -0.2) is 19.9 Å². The summed E-state index contributed by atoms with van der Waals surface area (Å²) in [5.41, 5.74) is 15.5. The lowest BCUT2D eigenvalue weighted by Gasteiger charge is -2.11. The molecule has 0 atom stereocenters. The summed E-state index contributed by atoms with van der Waals surface area (Å²) in [5, 5.41) is 2.09. The molecule has 0 saturated heterocycles. The van der Waals surface area contributed by atoms with Gasteiger partial charge in [0.05, 0.1) is 15.9 Å². The van der Waals surface area contributed by atoms with Gasteiger partial charge in [-0.05, 0) is 63.7 Å². The Morgan fingerprint density at radius 2 is 0.774 bits per heavy atom. The summed E-state index contributed by atoms with van der Waals surface area (Å²) in [6.45, 7) is 0. The van der Waals surface area contributed by atoms with Crippen molar-refractivity contribution in [3.05, 3.63) is 206 Å². The fourth-order valence-electron chi connectivity index (χ4n) is 8.41. The molecule has 0 amide bonds. The topological polar surface area (TPSA) is 64.7 Å². The monoisotopic (exact) mass is 810 g/mol. The molecular formula is C56H34N4OS. The Labute approximate surface area is 361 Å². The van der Waals surface area contributed by atoms with E-state index in [1.807, 2.05) is 30.3 Å². The Morgan fingerprint density at radius 3 is 1.40 bits per heavy atom. The maximum Gasteiger partial charge on any atom is 0.180 e. The van der Waals surface area contributed by atoms with Gasteiger partial charge in [0.1, 0.15) is 16.8 Å². The molecule has 62 heavy (non-hydrogen) atoms. The summed E-state index contributed by atoms with van der Waals surface area (Å²) in [7, 11) is 0. The highest BCUT2D eigenvalue weighted by Gasteiger charge is 2.20. The van der Waals surface area contributed by atoms with Crippen LogP contribution in [0.3, 0.4) is 0 Å². The summed E-state index contributed by atoms with van der Waals surface area (Å²) in [6, 6.07) is 71.6. The summed E-state index contributed by atoms with van der Waals surface area (Å²) >= 11 is 1.75. The highest BCUT2D eigenvalue weighted by molar-refractivity contribution is 7.26. The third kappa shape index (κ3) is 6.33. The average molecular weight is 811 g/mol. The van der Waals surface area contributed by atoms with Gasteiger partial charge in [-0.3, -0.25) is 0 Å². The first-order valence-corrected chi connectivity index (χ1v) is 21.4. The van der Waals surface area contributed by atoms with Crippen LogP contribution in [0.4, 0.5) is 0 Å². The second kappa shape index (κ2) is 14.9. The highest BCUT2D eigenvalue weighted by atomic mass is 32.1. The molecule has 0 spiro atoms. The number of aromatic nitrogens is 4. The number of benzene rings is 8. The summed E-state index contributed by atoms with van der Waals surface area (Å²) in [5.74, 6) is 1.31. The average Bonchev–Trinajstić information content (AvgIpc) is 3.93. The van der Waals surface area contributed by atoms with E-state index in [1.54, 1.807) is 11.3 Å². The first kappa shape index (κ1) is 35.8. The van der Waals surface area contributed by atoms with Crippen molar-refractivity contribution < 1.29 is 4.42 Å².